The zero-order valence-corrected chi connectivity index (χ0v) is 14.2. The highest BCUT2D eigenvalue weighted by Gasteiger charge is 2.43. The number of nitrogens with zero attached hydrogens (tertiary/aromatic N) is 3. The Balaban J connectivity index is 1.91. The zero-order valence-electron chi connectivity index (χ0n) is 14.2. The Morgan fingerprint density at radius 1 is 0.962 bits per heavy atom. The van der Waals surface area contributed by atoms with Crippen LogP contribution < -0.4 is 4.90 Å². The minimum Gasteiger partial charge on any atom is -0.478 e. The number of benzene rings is 1. The molecule has 1 atom stereocenters. The molecule has 1 aromatic carbocycles. The van der Waals surface area contributed by atoms with Crippen molar-refractivity contribution in [1.82, 2.24) is 9.80 Å². The van der Waals surface area contributed by atoms with Crippen molar-refractivity contribution in [2.45, 2.75) is 12.5 Å². The molecule has 2 heterocycles. The molecule has 138 valence electrons. The normalized spacial score (nSPS) is 22.0. The standard InChI is InChI=1S/C17H19N3O6/c1-18-2-4-19(5-3-18)13-9-14(21)20(15(13)22)12-7-10(16(23)24)6-11(8-12)17(25)26/h6-8,13H,2-5,9H2,1H3,(H,23,24)(H,25,26). The first-order chi connectivity index (χ1) is 12.3. The molecule has 2 N–H and O–H groups in total. The highest BCUT2D eigenvalue weighted by Crippen LogP contribution is 2.28. The van der Waals surface area contributed by atoms with Gasteiger partial charge in [0.05, 0.1) is 29.3 Å². The molecule has 26 heavy (non-hydrogen) atoms. The van der Waals surface area contributed by atoms with Crippen LogP contribution in [-0.2, 0) is 9.59 Å². The Kier molecular flexibility index (Phi) is 4.75. The van der Waals surface area contributed by atoms with Crippen LogP contribution in [0.2, 0.25) is 0 Å². The van der Waals surface area contributed by atoms with Crippen LogP contribution >= 0.6 is 0 Å². The lowest BCUT2D eigenvalue weighted by Crippen LogP contribution is -2.51. The van der Waals surface area contributed by atoms with E-state index in [2.05, 4.69) is 4.90 Å². The second-order valence-corrected chi connectivity index (χ2v) is 6.51. The maximum absolute atomic E-state index is 12.8. The summed E-state index contributed by atoms with van der Waals surface area (Å²) in [6, 6.07) is 2.70. The first-order valence-corrected chi connectivity index (χ1v) is 8.19. The SMILES string of the molecule is CN1CCN(C2CC(=O)N(c3cc(C(=O)O)cc(C(=O)O)c3)C2=O)CC1. The lowest BCUT2D eigenvalue weighted by molar-refractivity contribution is -0.123. The fourth-order valence-electron chi connectivity index (χ4n) is 3.29. The quantitative estimate of drug-likeness (QED) is 0.718. The molecule has 2 amide bonds. The van der Waals surface area contributed by atoms with Crippen LogP contribution in [0.15, 0.2) is 18.2 Å². The molecule has 0 aliphatic carbocycles. The molecule has 0 bridgehead atoms. The van der Waals surface area contributed by atoms with Gasteiger partial charge in [-0.25, -0.2) is 14.5 Å². The maximum atomic E-state index is 12.8. The van der Waals surface area contributed by atoms with Gasteiger partial charge in [0.25, 0.3) is 5.91 Å². The smallest absolute Gasteiger partial charge is 0.335 e. The molecule has 2 fully saturated rings. The van der Waals surface area contributed by atoms with E-state index in [0.29, 0.717) is 13.1 Å². The molecular weight excluding hydrogens is 342 g/mol. The van der Waals surface area contributed by atoms with Crippen LogP contribution in [0.5, 0.6) is 0 Å². The molecule has 0 radical (unpaired) electrons. The van der Waals surface area contributed by atoms with Gasteiger partial charge in [0.15, 0.2) is 0 Å². The van der Waals surface area contributed by atoms with Gasteiger partial charge in [-0.2, -0.15) is 0 Å². The van der Waals surface area contributed by atoms with Gasteiger partial charge in [0.2, 0.25) is 5.91 Å². The maximum Gasteiger partial charge on any atom is 0.335 e. The number of hydrogen-bond acceptors (Lipinski definition) is 6. The van der Waals surface area contributed by atoms with Gasteiger partial charge >= 0.3 is 11.9 Å². The molecule has 1 unspecified atom stereocenters. The number of anilines is 1. The van der Waals surface area contributed by atoms with Crippen LogP contribution in [-0.4, -0.2) is 83.0 Å². The Labute approximate surface area is 149 Å². The van der Waals surface area contributed by atoms with Crippen molar-refractivity contribution in [3.63, 3.8) is 0 Å². The predicted molar refractivity (Wildman–Crippen MR) is 90.3 cm³/mol. The Hall–Kier alpha value is -2.78. The summed E-state index contributed by atoms with van der Waals surface area (Å²) in [7, 11) is 1.98. The van der Waals surface area contributed by atoms with Gasteiger partial charge in [-0.1, -0.05) is 0 Å². The Bertz CT molecular complexity index is 752. The zero-order chi connectivity index (χ0) is 19.0. The van der Waals surface area contributed by atoms with Crippen molar-refractivity contribution < 1.29 is 29.4 Å². The van der Waals surface area contributed by atoms with E-state index >= 15 is 0 Å². The van der Waals surface area contributed by atoms with Crippen LogP contribution in [0.3, 0.4) is 0 Å². The number of carbonyl (C=O) groups is 4. The number of likely N-dealkylation sites (N-methyl/N-ethyl adjacent to an activating group) is 1. The lowest BCUT2D eigenvalue weighted by atomic mass is 10.1. The van der Waals surface area contributed by atoms with Crippen molar-refractivity contribution in [2.75, 3.05) is 38.1 Å². The van der Waals surface area contributed by atoms with Gasteiger partial charge in [-0.05, 0) is 25.2 Å². The number of carboxylic acid groups (broad SMARTS) is 2. The van der Waals surface area contributed by atoms with Crippen LogP contribution in [0, 0.1) is 0 Å². The fourth-order valence-corrected chi connectivity index (χ4v) is 3.29. The van der Waals surface area contributed by atoms with E-state index in [9.17, 15) is 29.4 Å². The Morgan fingerprint density at radius 3 is 2.00 bits per heavy atom. The molecule has 2 aliphatic heterocycles. The molecule has 9 nitrogen and oxygen atoms in total. The molecule has 1 aromatic rings. The summed E-state index contributed by atoms with van der Waals surface area (Å²) in [6.45, 7) is 2.89. The molecule has 0 saturated carbocycles. The monoisotopic (exact) mass is 361 g/mol. The van der Waals surface area contributed by atoms with Crippen molar-refractivity contribution in [3.05, 3.63) is 29.3 Å². The lowest BCUT2D eigenvalue weighted by Gasteiger charge is -2.35. The number of aromatic carboxylic acids is 2. The molecule has 2 aliphatic rings. The summed E-state index contributed by atoms with van der Waals surface area (Å²) < 4.78 is 0. The average molecular weight is 361 g/mol. The summed E-state index contributed by atoms with van der Waals surface area (Å²) in [5.41, 5.74) is -0.596. The molecule has 2 saturated heterocycles. The molecule has 9 heteroatoms. The fraction of sp³-hybridized carbons (Fsp3) is 0.412. The molecule has 3 rings (SSSR count). The highest BCUT2D eigenvalue weighted by molar-refractivity contribution is 6.22. The molecular formula is C17H19N3O6. The first-order valence-electron chi connectivity index (χ1n) is 8.19. The van der Waals surface area contributed by atoms with Crippen molar-refractivity contribution >= 4 is 29.4 Å². The van der Waals surface area contributed by atoms with Crippen molar-refractivity contribution in [3.8, 4) is 0 Å². The molecule has 0 aromatic heterocycles. The van der Waals surface area contributed by atoms with Gasteiger partial charge in [0, 0.05) is 26.2 Å². The first kappa shape index (κ1) is 18.0. The van der Waals surface area contributed by atoms with Crippen molar-refractivity contribution in [2.24, 2.45) is 0 Å². The summed E-state index contributed by atoms with van der Waals surface area (Å²) in [5.74, 6) is -3.57. The summed E-state index contributed by atoms with van der Waals surface area (Å²) in [4.78, 5) is 52.7. The highest BCUT2D eigenvalue weighted by atomic mass is 16.4. The predicted octanol–water partition coefficient (Wildman–Crippen LogP) is -0.0377. The topological polar surface area (TPSA) is 118 Å². The van der Waals surface area contributed by atoms with E-state index in [1.807, 2.05) is 11.9 Å². The third-order valence-corrected chi connectivity index (χ3v) is 4.77. The number of hydrogen-bond donors (Lipinski definition) is 2. The van der Waals surface area contributed by atoms with Gasteiger partial charge in [0.1, 0.15) is 0 Å². The summed E-state index contributed by atoms with van der Waals surface area (Å²) >= 11 is 0. The number of amides is 2. The van der Waals surface area contributed by atoms with E-state index in [-0.39, 0.29) is 23.2 Å². The third-order valence-electron chi connectivity index (χ3n) is 4.77. The van der Waals surface area contributed by atoms with Gasteiger partial charge in [-0.15, -0.1) is 0 Å². The number of imide groups is 1. The summed E-state index contributed by atoms with van der Waals surface area (Å²) in [5, 5.41) is 18.4. The average Bonchev–Trinajstić information content (AvgIpc) is 2.89. The number of rotatable bonds is 4. The number of piperazine rings is 1. The second-order valence-electron chi connectivity index (χ2n) is 6.51. The van der Waals surface area contributed by atoms with E-state index in [1.165, 1.54) is 0 Å². The van der Waals surface area contributed by atoms with Gasteiger partial charge in [-0.3, -0.25) is 14.5 Å². The van der Waals surface area contributed by atoms with E-state index < -0.39 is 29.8 Å². The van der Waals surface area contributed by atoms with Gasteiger partial charge < -0.3 is 15.1 Å². The molecule has 0 spiro atoms. The minimum atomic E-state index is -1.33. The van der Waals surface area contributed by atoms with Crippen LogP contribution in [0.1, 0.15) is 27.1 Å². The van der Waals surface area contributed by atoms with Crippen LogP contribution in [0.25, 0.3) is 0 Å². The van der Waals surface area contributed by atoms with E-state index in [0.717, 1.165) is 36.2 Å². The van der Waals surface area contributed by atoms with Crippen LogP contribution in [0.4, 0.5) is 5.69 Å². The van der Waals surface area contributed by atoms with E-state index in [1.54, 1.807) is 0 Å². The second kappa shape index (κ2) is 6.85. The largest absolute Gasteiger partial charge is 0.478 e. The number of carboxylic acids is 2. The number of carbonyl (C=O) groups excluding carboxylic acids is 2. The third kappa shape index (κ3) is 3.31. The minimum absolute atomic E-state index is 0.00223. The van der Waals surface area contributed by atoms with E-state index in [4.69, 9.17) is 0 Å². The summed E-state index contributed by atoms with van der Waals surface area (Å²) in [6.07, 6.45) is 0.00223. The van der Waals surface area contributed by atoms with Crippen molar-refractivity contribution in [1.29, 1.82) is 0 Å². The Morgan fingerprint density at radius 2 is 1.50 bits per heavy atom.